The lowest BCUT2D eigenvalue weighted by molar-refractivity contribution is -0.145. The van der Waals surface area contributed by atoms with Gasteiger partial charge in [0, 0.05) is 6.42 Å². The summed E-state index contributed by atoms with van der Waals surface area (Å²) in [5.41, 5.74) is 4.70. The molecule has 27 heavy (non-hydrogen) atoms. The highest BCUT2D eigenvalue weighted by Gasteiger charge is 2.44. The van der Waals surface area contributed by atoms with Crippen molar-refractivity contribution in [2.24, 2.45) is 5.73 Å². The van der Waals surface area contributed by atoms with Crippen molar-refractivity contribution in [2.45, 2.75) is 12.0 Å². The van der Waals surface area contributed by atoms with Crippen LogP contribution in [-0.2, 0) is 16.0 Å². The third-order valence-electron chi connectivity index (χ3n) is 4.48. The highest BCUT2D eigenvalue weighted by Crippen LogP contribution is 2.29. The normalized spacial score (nSPS) is 13.1. The molecule has 0 amide bonds. The fraction of sp³-hybridized carbons (Fsp3) is 0.143. The molecule has 3 aromatic rings. The van der Waals surface area contributed by atoms with E-state index in [0.29, 0.717) is 5.56 Å². The number of nitrogens with two attached hydrogens (primary N) is 1. The minimum atomic E-state index is -2.02. The van der Waals surface area contributed by atoms with Gasteiger partial charge in [0.15, 0.2) is 11.3 Å². The number of ketones is 1. The van der Waals surface area contributed by atoms with Crippen LogP contribution >= 0.6 is 0 Å². The molecule has 6 heteroatoms. The summed E-state index contributed by atoms with van der Waals surface area (Å²) in [4.78, 5) is 25.6. The Labute approximate surface area is 155 Å². The molecule has 0 radical (unpaired) electrons. The topological polar surface area (TPSA) is 110 Å². The lowest BCUT2D eigenvalue weighted by atomic mass is 9.83. The number of methoxy groups -OCH3 is 1. The molecule has 0 fully saturated rings. The predicted molar refractivity (Wildman–Crippen MR) is 101 cm³/mol. The van der Waals surface area contributed by atoms with Crippen molar-refractivity contribution in [3.05, 3.63) is 71.8 Å². The molecule has 0 saturated carbocycles. The molecule has 6 nitrogen and oxygen atoms in total. The second-order valence-corrected chi connectivity index (χ2v) is 6.35. The average Bonchev–Trinajstić information content (AvgIpc) is 2.67. The molecule has 0 aliphatic rings. The maximum absolute atomic E-state index is 13.2. The Hall–Kier alpha value is -3.38. The van der Waals surface area contributed by atoms with Crippen molar-refractivity contribution in [2.75, 3.05) is 7.11 Å². The number of phenolic OH excluding ortho intramolecular Hbond substituents is 2. The quantitative estimate of drug-likeness (QED) is 0.364. The molecule has 0 saturated heterocycles. The molecular formula is C21H19NO5. The zero-order chi connectivity index (χ0) is 19.6. The standard InChI is InChI=1S/C21H19NO5/c1-27-20(26)21(22,12-13-6-8-16(23)9-7-13)19(25)17-10-14-4-2-3-5-15(14)11-18(17)24/h2-11,23-24H,12,22H2,1H3. The number of ether oxygens (including phenoxy) is 1. The van der Waals surface area contributed by atoms with E-state index in [4.69, 9.17) is 10.5 Å². The number of esters is 1. The van der Waals surface area contributed by atoms with E-state index in [2.05, 4.69) is 0 Å². The van der Waals surface area contributed by atoms with Gasteiger partial charge in [-0.2, -0.15) is 0 Å². The van der Waals surface area contributed by atoms with E-state index < -0.39 is 17.3 Å². The van der Waals surface area contributed by atoms with E-state index in [0.717, 1.165) is 17.9 Å². The van der Waals surface area contributed by atoms with E-state index in [-0.39, 0.29) is 23.5 Å². The highest BCUT2D eigenvalue weighted by molar-refractivity contribution is 6.18. The molecule has 0 aliphatic carbocycles. The molecule has 138 valence electrons. The van der Waals surface area contributed by atoms with Crippen LogP contribution in [0.3, 0.4) is 0 Å². The van der Waals surface area contributed by atoms with Gasteiger partial charge in [-0.1, -0.05) is 36.4 Å². The van der Waals surface area contributed by atoms with Crippen LogP contribution in [0.15, 0.2) is 60.7 Å². The van der Waals surface area contributed by atoms with Crippen molar-refractivity contribution in [3.8, 4) is 11.5 Å². The molecule has 1 unspecified atom stereocenters. The number of hydrogen-bond acceptors (Lipinski definition) is 6. The van der Waals surface area contributed by atoms with Gasteiger partial charge in [-0.15, -0.1) is 0 Å². The van der Waals surface area contributed by atoms with E-state index >= 15 is 0 Å². The average molecular weight is 365 g/mol. The second kappa shape index (κ2) is 7.09. The number of fused-ring (bicyclic) bond motifs is 1. The molecule has 0 aromatic heterocycles. The summed E-state index contributed by atoms with van der Waals surface area (Å²) >= 11 is 0. The number of hydrogen-bond donors (Lipinski definition) is 3. The van der Waals surface area contributed by atoms with Crippen LogP contribution in [0.5, 0.6) is 11.5 Å². The lowest BCUT2D eigenvalue weighted by Gasteiger charge is -2.25. The van der Waals surface area contributed by atoms with Gasteiger partial charge in [0.2, 0.25) is 0 Å². The van der Waals surface area contributed by atoms with Crippen LogP contribution in [0.1, 0.15) is 15.9 Å². The largest absolute Gasteiger partial charge is 0.508 e. The maximum Gasteiger partial charge on any atom is 0.334 e. The van der Waals surface area contributed by atoms with E-state index in [1.807, 2.05) is 6.07 Å². The molecule has 3 rings (SSSR count). The van der Waals surface area contributed by atoms with Gasteiger partial charge in [0.05, 0.1) is 12.7 Å². The van der Waals surface area contributed by atoms with Gasteiger partial charge in [-0.05, 0) is 40.6 Å². The summed E-state index contributed by atoms with van der Waals surface area (Å²) in [7, 11) is 1.15. The van der Waals surface area contributed by atoms with Crippen molar-refractivity contribution < 1.29 is 24.5 Å². The zero-order valence-corrected chi connectivity index (χ0v) is 14.7. The Morgan fingerprint density at radius 3 is 2.19 bits per heavy atom. The summed E-state index contributed by atoms with van der Waals surface area (Å²) in [6.07, 6.45) is -0.148. The Morgan fingerprint density at radius 2 is 1.59 bits per heavy atom. The maximum atomic E-state index is 13.2. The minimum Gasteiger partial charge on any atom is -0.508 e. The van der Waals surface area contributed by atoms with E-state index in [1.54, 1.807) is 30.3 Å². The van der Waals surface area contributed by atoms with Crippen molar-refractivity contribution >= 4 is 22.5 Å². The molecule has 0 heterocycles. The summed E-state index contributed by atoms with van der Waals surface area (Å²) < 4.78 is 4.77. The second-order valence-electron chi connectivity index (χ2n) is 6.35. The molecule has 0 bridgehead atoms. The highest BCUT2D eigenvalue weighted by atomic mass is 16.5. The first-order chi connectivity index (χ1) is 12.8. The fourth-order valence-corrected chi connectivity index (χ4v) is 3.01. The third kappa shape index (κ3) is 3.47. The van der Waals surface area contributed by atoms with Gasteiger partial charge >= 0.3 is 5.97 Å². The number of aromatic hydroxyl groups is 2. The van der Waals surface area contributed by atoms with Crippen LogP contribution in [-0.4, -0.2) is 34.6 Å². The van der Waals surface area contributed by atoms with Crippen LogP contribution in [0.2, 0.25) is 0 Å². The molecular weight excluding hydrogens is 346 g/mol. The monoisotopic (exact) mass is 365 g/mol. The van der Waals surface area contributed by atoms with Crippen molar-refractivity contribution in [1.82, 2.24) is 0 Å². The molecule has 0 aliphatic heterocycles. The van der Waals surface area contributed by atoms with Gasteiger partial charge in [-0.3, -0.25) is 4.79 Å². The van der Waals surface area contributed by atoms with Crippen molar-refractivity contribution in [1.29, 1.82) is 0 Å². The first kappa shape index (κ1) is 18.4. The Morgan fingerprint density at radius 1 is 1.00 bits per heavy atom. The zero-order valence-electron chi connectivity index (χ0n) is 14.7. The lowest BCUT2D eigenvalue weighted by Crippen LogP contribution is -2.57. The summed E-state index contributed by atoms with van der Waals surface area (Å²) in [6.45, 7) is 0. The SMILES string of the molecule is COC(=O)C(N)(Cc1ccc(O)cc1)C(=O)c1cc2ccccc2cc1O. The van der Waals surface area contributed by atoms with Gasteiger partial charge in [0.1, 0.15) is 11.5 Å². The molecule has 1 atom stereocenters. The van der Waals surface area contributed by atoms with Gasteiger partial charge in [-0.25, -0.2) is 4.79 Å². The smallest absolute Gasteiger partial charge is 0.334 e. The van der Waals surface area contributed by atoms with E-state index in [1.165, 1.54) is 24.3 Å². The van der Waals surface area contributed by atoms with E-state index in [9.17, 15) is 19.8 Å². The number of carbonyl (C=O) groups excluding carboxylic acids is 2. The van der Waals surface area contributed by atoms with Gasteiger partial charge in [0.25, 0.3) is 0 Å². The summed E-state index contributed by atoms with van der Waals surface area (Å²) in [5.74, 6) is -1.86. The Kier molecular flexibility index (Phi) is 4.83. The van der Waals surface area contributed by atoms with Crippen LogP contribution < -0.4 is 5.73 Å². The van der Waals surface area contributed by atoms with Crippen LogP contribution in [0.25, 0.3) is 10.8 Å². The third-order valence-corrected chi connectivity index (χ3v) is 4.48. The van der Waals surface area contributed by atoms with Crippen LogP contribution in [0, 0.1) is 0 Å². The summed E-state index contributed by atoms with van der Waals surface area (Å²) in [6, 6.07) is 16.2. The molecule has 4 N–H and O–H groups in total. The Bertz CT molecular complexity index is 1010. The summed E-state index contributed by atoms with van der Waals surface area (Å²) in [5, 5.41) is 21.2. The Balaban J connectivity index is 2.06. The number of rotatable bonds is 5. The molecule has 3 aromatic carbocycles. The number of phenols is 2. The van der Waals surface area contributed by atoms with Crippen LogP contribution in [0.4, 0.5) is 0 Å². The molecule has 0 spiro atoms. The number of carbonyl (C=O) groups is 2. The van der Waals surface area contributed by atoms with Crippen molar-refractivity contribution in [3.63, 3.8) is 0 Å². The number of benzene rings is 3. The first-order valence-electron chi connectivity index (χ1n) is 8.27. The first-order valence-corrected chi connectivity index (χ1v) is 8.27. The fourth-order valence-electron chi connectivity index (χ4n) is 3.01. The number of Topliss-reactive ketones (excluding diaryl/α,β-unsaturated/α-hetero) is 1. The van der Waals surface area contributed by atoms with Gasteiger partial charge < -0.3 is 20.7 Å². The predicted octanol–water partition coefficient (Wildman–Crippen LogP) is 2.55. The minimum absolute atomic E-state index is 0.0536.